The number of urea groups is 1. The van der Waals surface area contributed by atoms with E-state index in [-0.39, 0.29) is 11.6 Å². The Morgan fingerprint density at radius 1 is 1.19 bits per heavy atom. The molecule has 2 aromatic carbocycles. The van der Waals surface area contributed by atoms with Gasteiger partial charge in [-0.05, 0) is 67.1 Å². The Hall–Kier alpha value is -3.12. The molecule has 2 aliphatic heterocycles. The predicted molar refractivity (Wildman–Crippen MR) is 125 cm³/mol. The molecule has 3 aromatic rings. The number of hydroxylamine groups is 1. The summed E-state index contributed by atoms with van der Waals surface area (Å²) in [4.78, 5) is 23.6. The van der Waals surface area contributed by atoms with Crippen LogP contribution in [0.3, 0.4) is 0 Å². The number of amides is 2. The van der Waals surface area contributed by atoms with E-state index in [9.17, 15) is 4.79 Å². The highest BCUT2D eigenvalue weighted by molar-refractivity contribution is 5.88. The van der Waals surface area contributed by atoms with Gasteiger partial charge in [0.1, 0.15) is 11.4 Å². The SMILES string of the molecule is CCONC(=O)N1CCC2(CCc3cc(-c4ccc5cccnc5c4C)ccc3O2)CC1. The number of benzene rings is 2. The normalized spacial score (nSPS) is 17.1. The molecule has 0 saturated carbocycles. The van der Waals surface area contributed by atoms with E-state index in [4.69, 9.17) is 9.57 Å². The van der Waals surface area contributed by atoms with Crippen molar-refractivity contribution in [1.29, 1.82) is 0 Å². The largest absolute Gasteiger partial charge is 0.487 e. The number of hydrogen-bond acceptors (Lipinski definition) is 4. The fourth-order valence-corrected chi connectivity index (χ4v) is 4.96. The third kappa shape index (κ3) is 3.79. The van der Waals surface area contributed by atoms with Crippen molar-refractivity contribution in [3.8, 4) is 16.9 Å². The number of likely N-dealkylation sites (tertiary alicyclic amines) is 1. The molecule has 1 fully saturated rings. The summed E-state index contributed by atoms with van der Waals surface area (Å²) in [5.41, 5.74) is 8.24. The van der Waals surface area contributed by atoms with E-state index in [1.165, 1.54) is 27.6 Å². The number of ether oxygens (including phenoxy) is 1. The molecule has 0 aliphatic carbocycles. The zero-order valence-corrected chi connectivity index (χ0v) is 18.7. The molecule has 1 aromatic heterocycles. The minimum absolute atomic E-state index is 0.164. The summed E-state index contributed by atoms with van der Waals surface area (Å²) in [6, 6.07) is 14.8. The molecule has 0 bridgehead atoms. The summed E-state index contributed by atoms with van der Waals surface area (Å²) >= 11 is 0. The fourth-order valence-electron chi connectivity index (χ4n) is 4.96. The summed E-state index contributed by atoms with van der Waals surface area (Å²) < 4.78 is 6.56. The van der Waals surface area contributed by atoms with Crippen LogP contribution in [-0.2, 0) is 11.3 Å². The predicted octanol–water partition coefficient (Wildman–Crippen LogP) is 5.03. The summed E-state index contributed by atoms with van der Waals surface area (Å²) in [5, 5.41) is 1.17. The topological polar surface area (TPSA) is 63.7 Å². The van der Waals surface area contributed by atoms with Crippen LogP contribution in [0.5, 0.6) is 5.75 Å². The number of aromatic nitrogens is 1. The van der Waals surface area contributed by atoms with Crippen LogP contribution in [0, 0.1) is 6.92 Å². The molecule has 0 unspecified atom stereocenters. The van der Waals surface area contributed by atoms with Gasteiger partial charge in [0.05, 0.1) is 12.1 Å². The molecule has 2 amide bonds. The molecule has 166 valence electrons. The Morgan fingerprint density at radius 3 is 2.84 bits per heavy atom. The van der Waals surface area contributed by atoms with Crippen molar-refractivity contribution >= 4 is 16.9 Å². The number of nitrogens with one attached hydrogen (secondary N) is 1. The van der Waals surface area contributed by atoms with Gasteiger partial charge >= 0.3 is 6.03 Å². The minimum atomic E-state index is -0.181. The highest BCUT2D eigenvalue weighted by Gasteiger charge is 2.40. The Bertz CT molecular complexity index is 1150. The first-order chi connectivity index (χ1) is 15.6. The van der Waals surface area contributed by atoms with Crippen molar-refractivity contribution in [2.45, 2.75) is 45.1 Å². The molecule has 1 saturated heterocycles. The summed E-state index contributed by atoms with van der Waals surface area (Å²) in [6.45, 7) is 5.80. The van der Waals surface area contributed by atoms with Crippen LogP contribution in [0.15, 0.2) is 48.7 Å². The molecule has 0 radical (unpaired) electrons. The minimum Gasteiger partial charge on any atom is -0.487 e. The quantitative estimate of drug-likeness (QED) is 0.591. The van der Waals surface area contributed by atoms with Crippen LogP contribution in [0.4, 0.5) is 4.79 Å². The Kier molecular flexibility index (Phi) is 5.47. The van der Waals surface area contributed by atoms with Crippen molar-refractivity contribution in [3.63, 3.8) is 0 Å². The molecule has 32 heavy (non-hydrogen) atoms. The zero-order valence-electron chi connectivity index (χ0n) is 18.7. The number of piperidine rings is 1. The smallest absolute Gasteiger partial charge is 0.341 e. The van der Waals surface area contributed by atoms with Gasteiger partial charge in [-0.3, -0.25) is 9.82 Å². The zero-order chi connectivity index (χ0) is 22.1. The molecule has 0 atom stereocenters. The van der Waals surface area contributed by atoms with Crippen molar-refractivity contribution in [2.24, 2.45) is 0 Å². The molecular weight excluding hydrogens is 402 g/mol. The van der Waals surface area contributed by atoms with Crippen LogP contribution < -0.4 is 10.2 Å². The van der Waals surface area contributed by atoms with E-state index in [0.29, 0.717) is 19.7 Å². The summed E-state index contributed by atoms with van der Waals surface area (Å²) in [5.74, 6) is 0.976. The third-order valence-corrected chi connectivity index (χ3v) is 6.84. The molecule has 1 spiro atoms. The van der Waals surface area contributed by atoms with Crippen molar-refractivity contribution in [2.75, 3.05) is 19.7 Å². The number of carbonyl (C=O) groups is 1. The average Bonchev–Trinajstić information content (AvgIpc) is 2.83. The number of pyridine rings is 1. The standard InChI is InChI=1S/C26H29N3O3/c1-3-31-28-25(30)29-15-12-26(13-16-29)11-10-21-17-20(7-9-23(21)32-26)22-8-6-19-5-4-14-27-24(19)18(22)2/h4-9,14,17H,3,10-13,15-16H2,1-2H3,(H,28,30). The molecular formula is C26H29N3O3. The van der Waals surface area contributed by atoms with Gasteiger partial charge in [0.15, 0.2) is 0 Å². The number of carbonyl (C=O) groups excluding carboxylic acids is 1. The lowest BCUT2D eigenvalue weighted by molar-refractivity contribution is -0.0131. The first-order valence-electron chi connectivity index (χ1n) is 11.4. The van der Waals surface area contributed by atoms with Crippen molar-refractivity contribution < 1.29 is 14.4 Å². The van der Waals surface area contributed by atoms with Crippen LogP contribution in [-0.4, -0.2) is 41.2 Å². The van der Waals surface area contributed by atoms with Crippen LogP contribution in [0.25, 0.3) is 22.0 Å². The number of nitrogens with zero attached hydrogens (tertiary/aromatic N) is 2. The number of fused-ring (bicyclic) bond motifs is 2. The lowest BCUT2D eigenvalue weighted by atomic mass is 9.82. The van der Waals surface area contributed by atoms with E-state index >= 15 is 0 Å². The summed E-state index contributed by atoms with van der Waals surface area (Å²) in [6.07, 6.45) is 5.49. The maximum atomic E-state index is 12.2. The maximum absolute atomic E-state index is 12.2. The third-order valence-electron chi connectivity index (χ3n) is 6.84. The van der Waals surface area contributed by atoms with Crippen molar-refractivity contribution in [1.82, 2.24) is 15.4 Å². The van der Waals surface area contributed by atoms with Gasteiger partial charge < -0.3 is 9.64 Å². The van der Waals surface area contributed by atoms with Gasteiger partial charge in [-0.25, -0.2) is 10.3 Å². The molecule has 1 N–H and O–H groups in total. The summed E-state index contributed by atoms with van der Waals surface area (Å²) in [7, 11) is 0. The second-order valence-electron chi connectivity index (χ2n) is 8.75. The van der Waals surface area contributed by atoms with Crippen LogP contribution in [0.2, 0.25) is 0 Å². The van der Waals surface area contributed by atoms with E-state index in [0.717, 1.165) is 36.9 Å². The van der Waals surface area contributed by atoms with Crippen LogP contribution >= 0.6 is 0 Å². The van der Waals surface area contributed by atoms with E-state index in [2.05, 4.69) is 53.8 Å². The second-order valence-corrected chi connectivity index (χ2v) is 8.75. The Labute approximate surface area is 188 Å². The lowest BCUT2D eigenvalue weighted by Gasteiger charge is -2.44. The lowest BCUT2D eigenvalue weighted by Crippen LogP contribution is -2.53. The highest BCUT2D eigenvalue weighted by atomic mass is 16.7. The van der Waals surface area contributed by atoms with Gasteiger partial charge in [-0.2, -0.15) is 0 Å². The van der Waals surface area contributed by atoms with Gasteiger partial charge in [0, 0.05) is 37.5 Å². The number of rotatable bonds is 3. The first-order valence-corrected chi connectivity index (χ1v) is 11.4. The number of aryl methyl sites for hydroxylation is 2. The van der Waals surface area contributed by atoms with Gasteiger partial charge in [0.25, 0.3) is 0 Å². The second kappa shape index (κ2) is 8.43. The van der Waals surface area contributed by atoms with Crippen LogP contribution in [0.1, 0.15) is 37.3 Å². The van der Waals surface area contributed by atoms with Gasteiger partial charge in [0.2, 0.25) is 0 Å². The molecule has 5 rings (SSSR count). The van der Waals surface area contributed by atoms with Gasteiger partial charge in [-0.15, -0.1) is 0 Å². The molecule has 3 heterocycles. The first kappa shape index (κ1) is 20.8. The highest BCUT2D eigenvalue weighted by Crippen LogP contribution is 2.41. The van der Waals surface area contributed by atoms with E-state index in [1.54, 1.807) is 4.90 Å². The Balaban J connectivity index is 1.33. The van der Waals surface area contributed by atoms with E-state index in [1.807, 2.05) is 19.2 Å². The number of hydrogen-bond donors (Lipinski definition) is 1. The fraction of sp³-hybridized carbons (Fsp3) is 0.385. The average molecular weight is 432 g/mol. The van der Waals surface area contributed by atoms with Crippen molar-refractivity contribution in [3.05, 3.63) is 59.8 Å². The van der Waals surface area contributed by atoms with E-state index < -0.39 is 0 Å². The Morgan fingerprint density at radius 2 is 2.03 bits per heavy atom. The molecule has 6 nitrogen and oxygen atoms in total. The molecule has 2 aliphatic rings. The van der Waals surface area contributed by atoms with Gasteiger partial charge in [-0.1, -0.05) is 24.3 Å². The maximum Gasteiger partial charge on any atom is 0.341 e. The monoisotopic (exact) mass is 431 g/mol. The molecule has 6 heteroatoms.